The molecule has 1 unspecified atom stereocenters. The number of anilines is 2. The quantitative estimate of drug-likeness (QED) is 0.529. The zero-order valence-electron chi connectivity index (χ0n) is 11.5. The van der Waals surface area contributed by atoms with Crippen molar-refractivity contribution in [3.05, 3.63) is 18.2 Å². The number of nitrogens with one attached hydrogen (secondary N) is 1. The summed E-state index contributed by atoms with van der Waals surface area (Å²) in [5, 5.41) is 8.37. The van der Waals surface area contributed by atoms with E-state index in [0.717, 1.165) is 12.1 Å². The molecule has 0 saturated carbocycles. The van der Waals surface area contributed by atoms with Crippen LogP contribution in [0.15, 0.2) is 23.1 Å². The van der Waals surface area contributed by atoms with E-state index in [0.29, 0.717) is 6.04 Å². The molecule has 5 N–H and O–H groups in total. The number of hydrogen-bond acceptors (Lipinski definition) is 4. The number of nitrogens with two attached hydrogens (primary N) is 2. The zero-order valence-corrected chi connectivity index (χ0v) is 12.3. The van der Waals surface area contributed by atoms with Gasteiger partial charge in [0.2, 0.25) is 10.0 Å². The molecule has 1 rings (SSSR count). The first-order valence-corrected chi connectivity index (χ1v) is 8.08. The molecule has 0 radical (unpaired) electrons. The molecule has 1 aromatic carbocycles. The topological polar surface area (TPSA) is 98.2 Å². The van der Waals surface area contributed by atoms with Crippen LogP contribution in [0.5, 0.6) is 0 Å². The van der Waals surface area contributed by atoms with Gasteiger partial charge in [0.25, 0.3) is 0 Å². The monoisotopic (exact) mass is 285 g/mol. The van der Waals surface area contributed by atoms with E-state index in [1.165, 1.54) is 25.3 Å². The fraction of sp³-hybridized carbons (Fsp3) is 0.538. The molecule has 1 aromatic rings. The molecule has 6 heteroatoms. The van der Waals surface area contributed by atoms with Crippen molar-refractivity contribution in [3.8, 4) is 0 Å². The van der Waals surface area contributed by atoms with Gasteiger partial charge in [-0.1, -0.05) is 26.2 Å². The van der Waals surface area contributed by atoms with Crippen LogP contribution in [0.25, 0.3) is 0 Å². The normalized spacial score (nSPS) is 13.2. The van der Waals surface area contributed by atoms with Crippen molar-refractivity contribution in [1.82, 2.24) is 0 Å². The van der Waals surface area contributed by atoms with Crippen LogP contribution in [0.4, 0.5) is 11.4 Å². The highest BCUT2D eigenvalue weighted by atomic mass is 32.2. The molecule has 0 fully saturated rings. The lowest BCUT2D eigenvalue weighted by atomic mass is 10.1. The highest BCUT2D eigenvalue weighted by Crippen LogP contribution is 2.22. The van der Waals surface area contributed by atoms with Gasteiger partial charge in [-0.2, -0.15) is 0 Å². The summed E-state index contributed by atoms with van der Waals surface area (Å²) in [6.07, 6.45) is 4.67. The van der Waals surface area contributed by atoms with E-state index in [1.807, 2.05) is 0 Å². The van der Waals surface area contributed by atoms with Gasteiger partial charge in [0.1, 0.15) is 4.90 Å². The number of hydrogen-bond donors (Lipinski definition) is 3. The van der Waals surface area contributed by atoms with E-state index in [9.17, 15) is 8.42 Å². The first-order valence-electron chi connectivity index (χ1n) is 6.53. The molecule has 0 bridgehead atoms. The lowest BCUT2D eigenvalue weighted by Gasteiger charge is -2.16. The number of nitrogen functional groups attached to an aromatic ring is 1. The van der Waals surface area contributed by atoms with Crippen LogP contribution in [0.3, 0.4) is 0 Å². The summed E-state index contributed by atoms with van der Waals surface area (Å²) in [5.74, 6) is 0. The highest BCUT2D eigenvalue weighted by molar-refractivity contribution is 7.89. The SMILES string of the molecule is CCCCCC(C)Nc1ccc(S(N)(=O)=O)c(N)c1. The summed E-state index contributed by atoms with van der Waals surface area (Å²) >= 11 is 0. The first-order chi connectivity index (χ1) is 8.84. The first kappa shape index (κ1) is 15.8. The van der Waals surface area contributed by atoms with Gasteiger partial charge < -0.3 is 11.1 Å². The van der Waals surface area contributed by atoms with Crippen LogP contribution in [0.2, 0.25) is 0 Å². The lowest BCUT2D eigenvalue weighted by Crippen LogP contribution is -2.17. The Morgan fingerprint density at radius 2 is 2.00 bits per heavy atom. The van der Waals surface area contributed by atoms with Gasteiger partial charge in [0.05, 0.1) is 5.69 Å². The van der Waals surface area contributed by atoms with Crippen LogP contribution in [0.1, 0.15) is 39.5 Å². The van der Waals surface area contributed by atoms with Crippen molar-refractivity contribution in [1.29, 1.82) is 0 Å². The third-order valence-corrected chi connectivity index (χ3v) is 3.95. The van der Waals surface area contributed by atoms with Crippen LogP contribution in [-0.2, 0) is 10.0 Å². The summed E-state index contributed by atoms with van der Waals surface area (Å²) in [4.78, 5) is -0.0308. The molecule has 0 saturated heterocycles. The highest BCUT2D eigenvalue weighted by Gasteiger charge is 2.12. The molecule has 5 nitrogen and oxygen atoms in total. The molecule has 0 amide bonds. The van der Waals surface area contributed by atoms with Crippen molar-refractivity contribution < 1.29 is 8.42 Å². The van der Waals surface area contributed by atoms with Crippen LogP contribution >= 0.6 is 0 Å². The third kappa shape index (κ3) is 5.08. The summed E-state index contributed by atoms with van der Waals surface area (Å²) in [6.45, 7) is 4.27. The van der Waals surface area contributed by atoms with E-state index < -0.39 is 10.0 Å². The predicted molar refractivity (Wildman–Crippen MR) is 79.5 cm³/mol. The Bertz CT molecular complexity index is 515. The Morgan fingerprint density at radius 1 is 1.32 bits per heavy atom. The van der Waals surface area contributed by atoms with Crippen LogP contribution in [0, 0.1) is 0 Å². The van der Waals surface area contributed by atoms with Crippen LogP contribution in [-0.4, -0.2) is 14.5 Å². The second-order valence-electron chi connectivity index (χ2n) is 4.84. The molecule has 0 aliphatic carbocycles. The second kappa shape index (κ2) is 6.77. The van der Waals surface area contributed by atoms with Gasteiger partial charge in [0.15, 0.2) is 0 Å². The van der Waals surface area contributed by atoms with Gasteiger partial charge >= 0.3 is 0 Å². The minimum Gasteiger partial charge on any atom is -0.398 e. The minimum absolute atomic E-state index is 0.0308. The maximum Gasteiger partial charge on any atom is 0.240 e. The summed E-state index contributed by atoms with van der Waals surface area (Å²) < 4.78 is 22.5. The fourth-order valence-corrected chi connectivity index (χ4v) is 2.60. The molecule has 0 aliphatic heterocycles. The van der Waals surface area contributed by atoms with Crippen molar-refractivity contribution in [2.24, 2.45) is 5.14 Å². The van der Waals surface area contributed by atoms with Crippen LogP contribution < -0.4 is 16.2 Å². The molecule has 19 heavy (non-hydrogen) atoms. The Kier molecular flexibility index (Phi) is 5.62. The molecule has 0 heterocycles. The van der Waals surface area contributed by atoms with E-state index in [1.54, 1.807) is 12.1 Å². The van der Waals surface area contributed by atoms with E-state index >= 15 is 0 Å². The summed E-state index contributed by atoms with van der Waals surface area (Å²) in [6, 6.07) is 5.06. The molecule has 108 valence electrons. The maximum absolute atomic E-state index is 11.2. The number of primary sulfonamides is 1. The average Bonchev–Trinajstić information content (AvgIpc) is 2.27. The molecular weight excluding hydrogens is 262 g/mol. The molecule has 0 aliphatic rings. The fourth-order valence-electron chi connectivity index (χ4n) is 1.95. The molecule has 0 aromatic heterocycles. The number of benzene rings is 1. The van der Waals surface area contributed by atoms with Gasteiger partial charge in [-0.05, 0) is 31.5 Å². The Balaban J connectivity index is 2.69. The molecule has 0 spiro atoms. The average molecular weight is 285 g/mol. The van der Waals surface area contributed by atoms with Crippen molar-refractivity contribution in [2.45, 2.75) is 50.5 Å². The molecule has 1 atom stereocenters. The second-order valence-corrected chi connectivity index (χ2v) is 6.37. The summed E-state index contributed by atoms with van der Waals surface area (Å²) in [5.41, 5.74) is 6.69. The molecular formula is C13H23N3O2S. The van der Waals surface area contributed by atoms with Gasteiger partial charge in [-0.15, -0.1) is 0 Å². The maximum atomic E-state index is 11.2. The summed E-state index contributed by atoms with van der Waals surface area (Å²) in [7, 11) is -3.75. The lowest BCUT2D eigenvalue weighted by molar-refractivity contribution is 0.598. The van der Waals surface area contributed by atoms with E-state index in [-0.39, 0.29) is 10.6 Å². The standard InChI is InChI=1S/C13H23N3O2S/c1-3-4-5-6-10(2)16-11-7-8-13(12(14)9-11)19(15,17)18/h7-10,16H,3-6,14H2,1-2H3,(H2,15,17,18). The number of rotatable bonds is 7. The van der Waals surface area contributed by atoms with E-state index in [2.05, 4.69) is 19.2 Å². The smallest absolute Gasteiger partial charge is 0.240 e. The van der Waals surface area contributed by atoms with Crippen molar-refractivity contribution in [3.63, 3.8) is 0 Å². The minimum atomic E-state index is -3.75. The number of sulfonamides is 1. The Hall–Kier alpha value is -1.27. The van der Waals surface area contributed by atoms with Crippen molar-refractivity contribution in [2.75, 3.05) is 11.1 Å². The zero-order chi connectivity index (χ0) is 14.5. The van der Waals surface area contributed by atoms with E-state index in [4.69, 9.17) is 10.9 Å². The third-order valence-electron chi connectivity index (χ3n) is 2.97. The largest absolute Gasteiger partial charge is 0.398 e. The Morgan fingerprint density at radius 3 is 2.53 bits per heavy atom. The van der Waals surface area contributed by atoms with Gasteiger partial charge in [-0.3, -0.25) is 0 Å². The predicted octanol–water partition coefficient (Wildman–Crippen LogP) is 2.30. The van der Waals surface area contributed by atoms with Gasteiger partial charge in [0, 0.05) is 11.7 Å². The van der Waals surface area contributed by atoms with Crippen molar-refractivity contribution >= 4 is 21.4 Å². The van der Waals surface area contributed by atoms with Gasteiger partial charge in [-0.25, -0.2) is 13.6 Å². The number of unbranched alkanes of at least 4 members (excludes halogenated alkanes) is 2. The Labute approximate surface area is 115 Å².